The normalized spacial score (nSPS) is 11.5. The molecule has 4 rings (SSSR count). The van der Waals surface area contributed by atoms with E-state index in [9.17, 15) is 18.0 Å². The maximum absolute atomic E-state index is 12.6. The van der Waals surface area contributed by atoms with E-state index in [0.29, 0.717) is 33.7 Å². The van der Waals surface area contributed by atoms with Crippen LogP contribution in [0.2, 0.25) is 0 Å². The minimum Gasteiger partial charge on any atom is -0.406 e. The number of hydrogen-bond acceptors (Lipinski definition) is 5. The number of carbonyl (C=O) groups is 1. The van der Waals surface area contributed by atoms with Crippen LogP contribution in [-0.4, -0.2) is 44.9 Å². The van der Waals surface area contributed by atoms with Gasteiger partial charge in [-0.3, -0.25) is 14.2 Å². The van der Waals surface area contributed by atoms with E-state index in [0.717, 1.165) is 0 Å². The predicted octanol–water partition coefficient (Wildman–Crippen LogP) is 3.68. The van der Waals surface area contributed by atoms with E-state index in [4.69, 9.17) is 5.11 Å². The molecule has 164 valence electrons. The molecule has 10 heteroatoms. The van der Waals surface area contributed by atoms with Crippen molar-refractivity contribution in [3.63, 3.8) is 0 Å². The third kappa shape index (κ3) is 4.70. The fourth-order valence-corrected chi connectivity index (χ4v) is 3.20. The molecular weight excluding hydrogens is 425 g/mol. The summed E-state index contributed by atoms with van der Waals surface area (Å²) < 4.78 is 43.5. The quantitative estimate of drug-likeness (QED) is 0.476. The molecule has 0 radical (unpaired) electrons. The van der Waals surface area contributed by atoms with Gasteiger partial charge in [-0.25, -0.2) is 4.98 Å². The number of amides is 1. The van der Waals surface area contributed by atoms with Gasteiger partial charge in [0, 0.05) is 29.4 Å². The van der Waals surface area contributed by atoms with Crippen LogP contribution in [0.25, 0.3) is 28.2 Å². The smallest absolute Gasteiger partial charge is 0.406 e. The second-order valence-electron chi connectivity index (χ2n) is 6.78. The Morgan fingerprint density at radius 3 is 2.62 bits per heavy atom. The van der Waals surface area contributed by atoms with Crippen molar-refractivity contribution in [3.05, 3.63) is 72.7 Å². The lowest BCUT2D eigenvalue weighted by Gasteiger charge is -2.10. The number of nitrogens with one attached hydrogen (secondary N) is 1. The van der Waals surface area contributed by atoms with Gasteiger partial charge in [-0.2, -0.15) is 0 Å². The summed E-state index contributed by atoms with van der Waals surface area (Å²) in [5, 5.41) is 11.5. The molecule has 0 unspecified atom stereocenters. The number of halogens is 3. The predicted molar refractivity (Wildman–Crippen MR) is 110 cm³/mol. The summed E-state index contributed by atoms with van der Waals surface area (Å²) in [6.07, 6.45) is -0.0248. The van der Waals surface area contributed by atoms with Crippen LogP contribution in [0.1, 0.15) is 10.4 Å². The highest BCUT2D eigenvalue weighted by atomic mass is 19.4. The molecule has 0 bridgehead atoms. The van der Waals surface area contributed by atoms with Crippen LogP contribution in [0, 0.1) is 0 Å². The number of nitrogens with zero attached hydrogens (tertiary/aromatic N) is 3. The standard InChI is InChI=1S/C22H17F3N4O3/c23-22(24,25)32-17-6-2-4-15(10-17)19-11-28-20-12-27-18(13-29(19)20)14-3-1-5-16(9-14)21(31)26-7-8-30/h1-6,9-13,30H,7-8H2,(H,26,31). The van der Waals surface area contributed by atoms with Gasteiger partial charge in [-0.05, 0) is 24.3 Å². The van der Waals surface area contributed by atoms with Gasteiger partial charge in [0.25, 0.3) is 5.91 Å². The second kappa shape index (κ2) is 8.67. The molecule has 0 saturated carbocycles. The number of aromatic nitrogens is 3. The summed E-state index contributed by atoms with van der Waals surface area (Å²) >= 11 is 0. The zero-order chi connectivity index (χ0) is 22.7. The van der Waals surface area contributed by atoms with Crippen LogP contribution in [0.15, 0.2) is 67.1 Å². The zero-order valence-electron chi connectivity index (χ0n) is 16.5. The zero-order valence-corrected chi connectivity index (χ0v) is 16.5. The number of fused-ring (bicyclic) bond motifs is 1. The second-order valence-corrected chi connectivity index (χ2v) is 6.78. The monoisotopic (exact) mass is 442 g/mol. The van der Waals surface area contributed by atoms with Crippen LogP contribution in [-0.2, 0) is 0 Å². The Labute approximate surface area is 180 Å². The topological polar surface area (TPSA) is 88.8 Å². The molecule has 0 saturated heterocycles. The van der Waals surface area contributed by atoms with Crippen molar-refractivity contribution in [2.45, 2.75) is 6.36 Å². The van der Waals surface area contributed by atoms with Crippen LogP contribution >= 0.6 is 0 Å². The van der Waals surface area contributed by atoms with E-state index in [1.165, 1.54) is 30.6 Å². The number of imidazole rings is 1. The molecule has 0 aliphatic carbocycles. The lowest BCUT2D eigenvalue weighted by atomic mass is 10.1. The molecule has 0 spiro atoms. The Morgan fingerprint density at radius 1 is 1.06 bits per heavy atom. The highest BCUT2D eigenvalue weighted by Gasteiger charge is 2.31. The molecule has 0 atom stereocenters. The SMILES string of the molecule is O=C(NCCO)c1cccc(-c2cn3c(-c4cccc(OC(F)(F)F)c4)cnc3cn2)c1. The van der Waals surface area contributed by atoms with Crippen molar-refractivity contribution in [1.82, 2.24) is 19.7 Å². The Bertz CT molecular complexity index is 1270. The number of benzene rings is 2. The minimum atomic E-state index is -4.79. The fraction of sp³-hybridized carbons (Fsp3) is 0.136. The number of aliphatic hydroxyl groups excluding tert-OH is 1. The summed E-state index contributed by atoms with van der Waals surface area (Å²) in [6, 6.07) is 12.4. The maximum atomic E-state index is 12.6. The molecule has 2 aromatic carbocycles. The number of aliphatic hydroxyl groups is 1. The highest BCUT2D eigenvalue weighted by Crippen LogP contribution is 2.29. The van der Waals surface area contributed by atoms with Crippen molar-refractivity contribution in [3.8, 4) is 28.3 Å². The molecule has 0 aliphatic heterocycles. The fourth-order valence-electron chi connectivity index (χ4n) is 3.20. The molecule has 0 aliphatic rings. The Morgan fingerprint density at radius 2 is 1.84 bits per heavy atom. The van der Waals surface area contributed by atoms with E-state index in [1.807, 2.05) is 0 Å². The lowest BCUT2D eigenvalue weighted by Crippen LogP contribution is -2.26. The number of rotatable bonds is 6. The van der Waals surface area contributed by atoms with Gasteiger partial charge in [-0.15, -0.1) is 13.2 Å². The summed E-state index contributed by atoms with van der Waals surface area (Å²) in [7, 11) is 0. The molecule has 7 nitrogen and oxygen atoms in total. The first-order valence-electron chi connectivity index (χ1n) is 9.53. The van der Waals surface area contributed by atoms with Gasteiger partial charge in [0.1, 0.15) is 5.75 Å². The van der Waals surface area contributed by atoms with Crippen LogP contribution < -0.4 is 10.1 Å². The summed E-state index contributed by atoms with van der Waals surface area (Å²) in [5.74, 6) is -0.660. The van der Waals surface area contributed by atoms with Crippen LogP contribution in [0.3, 0.4) is 0 Å². The summed E-state index contributed by atoms with van der Waals surface area (Å²) in [5.41, 5.74) is 3.14. The van der Waals surface area contributed by atoms with E-state index >= 15 is 0 Å². The van der Waals surface area contributed by atoms with E-state index < -0.39 is 6.36 Å². The average Bonchev–Trinajstić information content (AvgIpc) is 3.20. The third-order valence-electron chi connectivity index (χ3n) is 4.58. The van der Waals surface area contributed by atoms with Crippen LogP contribution in [0.4, 0.5) is 13.2 Å². The van der Waals surface area contributed by atoms with E-state index in [2.05, 4.69) is 20.0 Å². The van der Waals surface area contributed by atoms with Crippen molar-refractivity contribution >= 4 is 11.6 Å². The molecular formula is C22H17F3N4O3. The molecule has 2 N–H and O–H groups in total. The van der Waals surface area contributed by atoms with Gasteiger partial charge in [-0.1, -0.05) is 24.3 Å². The first-order valence-corrected chi connectivity index (χ1v) is 9.53. The van der Waals surface area contributed by atoms with Gasteiger partial charge in [0.15, 0.2) is 5.65 Å². The molecule has 0 fully saturated rings. The van der Waals surface area contributed by atoms with Gasteiger partial charge < -0.3 is 15.2 Å². The summed E-state index contributed by atoms with van der Waals surface area (Å²) in [4.78, 5) is 20.8. The molecule has 1 amide bonds. The van der Waals surface area contributed by atoms with Crippen LogP contribution in [0.5, 0.6) is 5.75 Å². The number of ether oxygens (including phenoxy) is 1. The minimum absolute atomic E-state index is 0.142. The molecule has 32 heavy (non-hydrogen) atoms. The maximum Gasteiger partial charge on any atom is 0.573 e. The average molecular weight is 442 g/mol. The van der Waals surface area contributed by atoms with Crippen molar-refractivity contribution in [2.75, 3.05) is 13.2 Å². The third-order valence-corrected chi connectivity index (χ3v) is 4.58. The number of alkyl halides is 3. The Hall–Kier alpha value is -3.92. The molecule has 2 aromatic heterocycles. The van der Waals surface area contributed by atoms with Gasteiger partial charge in [0.2, 0.25) is 0 Å². The first kappa shape index (κ1) is 21.3. The van der Waals surface area contributed by atoms with E-state index in [1.54, 1.807) is 40.9 Å². The highest BCUT2D eigenvalue weighted by molar-refractivity contribution is 5.95. The van der Waals surface area contributed by atoms with Crippen molar-refractivity contribution in [1.29, 1.82) is 0 Å². The van der Waals surface area contributed by atoms with Gasteiger partial charge >= 0.3 is 6.36 Å². The van der Waals surface area contributed by atoms with Crippen molar-refractivity contribution < 1.29 is 27.8 Å². The van der Waals surface area contributed by atoms with Crippen molar-refractivity contribution in [2.24, 2.45) is 0 Å². The number of hydrogen-bond donors (Lipinski definition) is 2. The summed E-state index contributed by atoms with van der Waals surface area (Å²) in [6.45, 7) is -0.0228. The van der Waals surface area contributed by atoms with E-state index in [-0.39, 0.29) is 24.8 Å². The number of carbonyl (C=O) groups excluding carboxylic acids is 1. The Kier molecular flexibility index (Phi) is 5.78. The lowest BCUT2D eigenvalue weighted by molar-refractivity contribution is -0.274. The molecule has 4 aromatic rings. The first-order chi connectivity index (χ1) is 15.3. The van der Waals surface area contributed by atoms with Gasteiger partial charge in [0.05, 0.1) is 30.4 Å². The molecule has 2 heterocycles. The Balaban J connectivity index is 1.70. The largest absolute Gasteiger partial charge is 0.573 e.